The molecule has 0 radical (unpaired) electrons. The molecule has 5 rings (SSSR count). The van der Waals surface area contributed by atoms with Gasteiger partial charge in [0.25, 0.3) is 0 Å². The zero-order chi connectivity index (χ0) is 26.3. The van der Waals surface area contributed by atoms with Crippen LogP contribution in [-0.2, 0) is 9.84 Å². The summed E-state index contributed by atoms with van der Waals surface area (Å²) in [6, 6.07) is 20.4. The molecule has 5 aromatic rings. The van der Waals surface area contributed by atoms with Gasteiger partial charge in [-0.3, -0.25) is 9.36 Å². The van der Waals surface area contributed by atoms with Gasteiger partial charge in [0, 0.05) is 21.8 Å². The highest BCUT2D eigenvalue weighted by molar-refractivity contribution is 7.93. The minimum Gasteiger partial charge on any atom is -0.503 e. The van der Waals surface area contributed by atoms with Gasteiger partial charge >= 0.3 is 0 Å². The van der Waals surface area contributed by atoms with Crippen LogP contribution in [0.1, 0.15) is 15.9 Å². The fourth-order valence-electron chi connectivity index (χ4n) is 3.83. The Morgan fingerprint density at radius 3 is 2.35 bits per heavy atom. The van der Waals surface area contributed by atoms with Gasteiger partial charge in [-0.15, -0.1) is 0 Å². The third kappa shape index (κ3) is 4.35. The lowest BCUT2D eigenvalue weighted by Gasteiger charge is -2.10. The van der Waals surface area contributed by atoms with Gasteiger partial charge in [0.1, 0.15) is 4.21 Å². The molecule has 0 aliphatic heterocycles. The van der Waals surface area contributed by atoms with Crippen LogP contribution in [0, 0.1) is 0 Å². The summed E-state index contributed by atoms with van der Waals surface area (Å²) in [4.78, 5) is 17.8. The van der Waals surface area contributed by atoms with Crippen LogP contribution in [0.5, 0.6) is 11.6 Å². The number of carbonyl (C=O) groups is 1. The number of ketones is 1. The maximum absolute atomic E-state index is 13.5. The van der Waals surface area contributed by atoms with E-state index in [1.807, 2.05) is 0 Å². The Hall–Kier alpha value is -4.12. The van der Waals surface area contributed by atoms with E-state index in [-0.39, 0.29) is 31.1 Å². The molecule has 0 amide bonds. The smallest absolute Gasteiger partial charge is 0.242 e. The summed E-state index contributed by atoms with van der Waals surface area (Å²) in [5.74, 6) is -1.94. The molecule has 0 unspecified atom stereocenters. The molecule has 2 heterocycles. The topological polar surface area (TPSA) is 136 Å². The first-order valence-electron chi connectivity index (χ1n) is 10.8. The minimum atomic E-state index is -3.89. The average molecular weight is 552 g/mol. The molecule has 4 N–H and O–H groups in total. The summed E-state index contributed by atoms with van der Waals surface area (Å²) in [7, 11) is -3.89. The molecule has 0 aliphatic rings. The maximum Gasteiger partial charge on any atom is 0.242 e. The third-order valence-corrected chi connectivity index (χ3v) is 9.05. The van der Waals surface area contributed by atoms with E-state index in [9.17, 15) is 23.4 Å². The number of rotatable bonds is 6. The molecular formula is C26H18ClN3O5S2. The number of aromatic nitrogens is 2. The second-order valence-electron chi connectivity index (χ2n) is 7.97. The molecule has 186 valence electrons. The van der Waals surface area contributed by atoms with Crippen LogP contribution in [-0.4, -0.2) is 34.0 Å². The SMILES string of the molecule is Nc1ccc(C(=O)c2c(O)c(O)n(-c3ncc(S(=O)(=O)c4ccccc4)s3)c2-c2cccc(Cl)c2)cc1. The molecule has 0 bridgehead atoms. The van der Waals surface area contributed by atoms with Crippen molar-refractivity contribution in [1.82, 2.24) is 9.55 Å². The van der Waals surface area contributed by atoms with E-state index in [0.29, 0.717) is 16.3 Å². The number of benzene rings is 3. The van der Waals surface area contributed by atoms with Gasteiger partial charge in [0.15, 0.2) is 16.7 Å². The Labute approximate surface area is 220 Å². The molecule has 11 heteroatoms. The molecule has 0 spiro atoms. The number of hydrogen-bond donors (Lipinski definition) is 3. The summed E-state index contributed by atoms with van der Waals surface area (Å²) in [6.07, 6.45) is 1.17. The van der Waals surface area contributed by atoms with Gasteiger partial charge in [-0.05, 0) is 48.5 Å². The normalized spacial score (nSPS) is 11.5. The van der Waals surface area contributed by atoms with Crippen molar-refractivity contribution in [2.24, 2.45) is 0 Å². The zero-order valence-electron chi connectivity index (χ0n) is 18.9. The van der Waals surface area contributed by atoms with Crippen LogP contribution in [0.25, 0.3) is 16.4 Å². The van der Waals surface area contributed by atoms with E-state index in [0.717, 1.165) is 15.9 Å². The van der Waals surface area contributed by atoms with Gasteiger partial charge in [-0.2, -0.15) is 0 Å². The largest absolute Gasteiger partial charge is 0.503 e. The lowest BCUT2D eigenvalue weighted by molar-refractivity contribution is 0.103. The molecule has 3 aromatic carbocycles. The highest BCUT2D eigenvalue weighted by Gasteiger charge is 2.32. The van der Waals surface area contributed by atoms with Crippen LogP contribution in [0.4, 0.5) is 5.69 Å². The number of sulfone groups is 1. The lowest BCUT2D eigenvalue weighted by atomic mass is 9.99. The Bertz CT molecular complexity index is 1750. The number of halogens is 1. The summed E-state index contributed by atoms with van der Waals surface area (Å²) in [5, 5.41) is 22.3. The average Bonchev–Trinajstić information content (AvgIpc) is 3.48. The molecule has 37 heavy (non-hydrogen) atoms. The molecule has 0 fully saturated rings. The van der Waals surface area contributed by atoms with E-state index in [4.69, 9.17) is 17.3 Å². The highest BCUT2D eigenvalue weighted by Crippen LogP contribution is 2.45. The standard InChI is InChI=1S/C26H18ClN3O5S2/c27-17-6-4-5-16(13-17)22-21(23(31)15-9-11-18(28)12-10-15)24(32)25(33)30(22)26-29-14-20(36-26)37(34,35)19-7-2-1-3-8-19/h1-14,32-33H,28H2. The van der Waals surface area contributed by atoms with Crippen molar-refractivity contribution < 1.29 is 23.4 Å². The van der Waals surface area contributed by atoms with Crippen LogP contribution >= 0.6 is 22.9 Å². The van der Waals surface area contributed by atoms with Crippen molar-refractivity contribution in [2.75, 3.05) is 5.73 Å². The van der Waals surface area contributed by atoms with Gasteiger partial charge < -0.3 is 15.9 Å². The molecule has 0 saturated heterocycles. The van der Waals surface area contributed by atoms with Gasteiger partial charge in [-0.25, -0.2) is 13.4 Å². The molecule has 0 saturated carbocycles. The first-order valence-corrected chi connectivity index (χ1v) is 13.5. The Kier molecular flexibility index (Phi) is 6.24. The van der Waals surface area contributed by atoms with Crippen molar-refractivity contribution in [3.8, 4) is 28.0 Å². The summed E-state index contributed by atoms with van der Waals surface area (Å²) < 4.78 is 27.3. The number of nitrogens with zero attached hydrogens (tertiary/aromatic N) is 2. The monoisotopic (exact) mass is 551 g/mol. The second kappa shape index (κ2) is 9.40. The number of anilines is 1. The first-order chi connectivity index (χ1) is 17.7. The number of carbonyl (C=O) groups excluding carboxylic acids is 1. The summed E-state index contributed by atoms with van der Waals surface area (Å²) in [5.41, 5.74) is 6.70. The van der Waals surface area contributed by atoms with E-state index in [1.165, 1.54) is 30.5 Å². The third-order valence-electron chi connectivity index (χ3n) is 5.60. The fourth-order valence-corrected chi connectivity index (χ4v) is 6.57. The zero-order valence-corrected chi connectivity index (χ0v) is 21.3. The predicted molar refractivity (Wildman–Crippen MR) is 141 cm³/mol. The van der Waals surface area contributed by atoms with Gasteiger partial charge in [-0.1, -0.05) is 53.3 Å². The number of hydrogen-bond acceptors (Lipinski definition) is 8. The number of thiazole rings is 1. The number of aromatic hydroxyl groups is 2. The van der Waals surface area contributed by atoms with Crippen molar-refractivity contribution >= 4 is 44.2 Å². The van der Waals surface area contributed by atoms with Gasteiger partial charge in [0.2, 0.25) is 15.7 Å². The van der Waals surface area contributed by atoms with Gasteiger partial charge in [0.05, 0.1) is 22.3 Å². The Balaban J connectivity index is 1.73. The summed E-state index contributed by atoms with van der Waals surface area (Å²) in [6.45, 7) is 0. The van der Waals surface area contributed by atoms with E-state index in [2.05, 4.69) is 4.98 Å². The van der Waals surface area contributed by atoms with Crippen molar-refractivity contribution in [2.45, 2.75) is 9.10 Å². The van der Waals surface area contributed by atoms with E-state index < -0.39 is 27.2 Å². The maximum atomic E-state index is 13.5. The lowest BCUT2D eigenvalue weighted by Crippen LogP contribution is -2.05. The molecule has 0 atom stereocenters. The molecule has 8 nitrogen and oxygen atoms in total. The number of nitrogens with two attached hydrogens (primary N) is 1. The van der Waals surface area contributed by atoms with Crippen LogP contribution < -0.4 is 5.73 Å². The Morgan fingerprint density at radius 1 is 0.973 bits per heavy atom. The van der Waals surface area contributed by atoms with Crippen LogP contribution in [0.3, 0.4) is 0 Å². The molecule has 2 aromatic heterocycles. The van der Waals surface area contributed by atoms with Crippen molar-refractivity contribution in [3.05, 3.63) is 101 Å². The predicted octanol–water partition coefficient (Wildman–Crippen LogP) is 5.31. The molecular weight excluding hydrogens is 534 g/mol. The van der Waals surface area contributed by atoms with E-state index in [1.54, 1.807) is 54.6 Å². The van der Waals surface area contributed by atoms with Crippen molar-refractivity contribution in [1.29, 1.82) is 0 Å². The first kappa shape index (κ1) is 24.6. The second-order valence-corrected chi connectivity index (χ2v) is 11.6. The highest BCUT2D eigenvalue weighted by atomic mass is 35.5. The van der Waals surface area contributed by atoms with E-state index >= 15 is 0 Å². The Morgan fingerprint density at radius 2 is 1.68 bits per heavy atom. The molecule has 0 aliphatic carbocycles. The minimum absolute atomic E-state index is 0.0219. The number of nitrogen functional groups attached to an aromatic ring is 1. The van der Waals surface area contributed by atoms with Crippen molar-refractivity contribution in [3.63, 3.8) is 0 Å². The quantitative estimate of drug-likeness (QED) is 0.192. The summed E-state index contributed by atoms with van der Waals surface area (Å²) >= 11 is 6.99. The van der Waals surface area contributed by atoms with Crippen LogP contribution in [0.2, 0.25) is 5.02 Å². The fraction of sp³-hybridized carbons (Fsp3) is 0. The van der Waals surface area contributed by atoms with Crippen LogP contribution in [0.15, 0.2) is 94.2 Å².